The lowest BCUT2D eigenvalue weighted by atomic mass is 10.2. The van der Waals surface area contributed by atoms with Gasteiger partial charge in [-0.2, -0.15) is 0 Å². The molecule has 8 heteroatoms. The molecule has 1 atom stereocenters. The predicted molar refractivity (Wildman–Crippen MR) is 63.2 cm³/mol. The van der Waals surface area contributed by atoms with E-state index in [1.807, 2.05) is 0 Å². The van der Waals surface area contributed by atoms with E-state index in [1.165, 1.54) is 4.90 Å². The highest BCUT2D eigenvalue weighted by atomic mass is 32.1. The number of nitrogens with one attached hydrogen (secondary N) is 1. The van der Waals surface area contributed by atoms with Crippen molar-refractivity contribution < 1.29 is 19.4 Å². The molecule has 0 saturated carbocycles. The van der Waals surface area contributed by atoms with Crippen molar-refractivity contribution in [1.82, 2.24) is 10.2 Å². The van der Waals surface area contributed by atoms with E-state index in [-0.39, 0.29) is 24.7 Å². The molecule has 1 rings (SSSR count). The summed E-state index contributed by atoms with van der Waals surface area (Å²) in [5, 5.41) is 11.2. The molecule has 1 fully saturated rings. The molecule has 4 N–H and O–H groups in total. The van der Waals surface area contributed by atoms with Crippen LogP contribution in [0.1, 0.15) is 0 Å². The Morgan fingerprint density at radius 1 is 1.59 bits per heavy atom. The fourth-order valence-corrected chi connectivity index (χ4v) is 1.47. The first-order chi connectivity index (χ1) is 8.04. The van der Waals surface area contributed by atoms with Crippen molar-refractivity contribution in [2.45, 2.75) is 6.10 Å². The lowest BCUT2D eigenvalue weighted by Gasteiger charge is -2.31. The first kappa shape index (κ1) is 13.8. The number of amides is 2. The molecule has 1 unspecified atom stereocenters. The summed E-state index contributed by atoms with van der Waals surface area (Å²) >= 11 is 4.58. The predicted octanol–water partition coefficient (Wildman–Crippen LogP) is -2.39. The second-order valence-electron chi connectivity index (χ2n) is 3.58. The van der Waals surface area contributed by atoms with Gasteiger partial charge in [-0.25, -0.2) is 0 Å². The van der Waals surface area contributed by atoms with Gasteiger partial charge < -0.3 is 25.8 Å². The van der Waals surface area contributed by atoms with Crippen molar-refractivity contribution in [3.63, 3.8) is 0 Å². The molecule has 0 bridgehead atoms. The number of hydrogen-bond acceptors (Lipinski definition) is 5. The number of nitrogens with zero attached hydrogens (tertiary/aromatic N) is 1. The Balaban J connectivity index is 2.45. The Kier molecular flexibility index (Phi) is 5.26. The number of carbonyl (C=O) groups is 2. The van der Waals surface area contributed by atoms with Gasteiger partial charge in [-0.1, -0.05) is 12.2 Å². The summed E-state index contributed by atoms with van der Waals surface area (Å²) in [7, 11) is 0. The molecule has 17 heavy (non-hydrogen) atoms. The first-order valence-corrected chi connectivity index (χ1v) is 5.53. The monoisotopic (exact) mass is 261 g/mol. The lowest BCUT2D eigenvalue weighted by molar-refractivity contribution is -0.151. The van der Waals surface area contributed by atoms with Gasteiger partial charge in [0.2, 0.25) is 0 Å². The number of ether oxygens (including phenoxy) is 1. The molecular weight excluding hydrogens is 246 g/mol. The van der Waals surface area contributed by atoms with Gasteiger partial charge in [0.05, 0.1) is 30.9 Å². The van der Waals surface area contributed by atoms with E-state index >= 15 is 0 Å². The van der Waals surface area contributed by atoms with E-state index in [0.29, 0.717) is 13.2 Å². The van der Waals surface area contributed by atoms with Gasteiger partial charge in [0.15, 0.2) is 0 Å². The van der Waals surface area contributed by atoms with Crippen LogP contribution in [-0.2, 0) is 14.3 Å². The number of morpholine rings is 1. The SMILES string of the molecule is NC(=S)CNC(=O)C(=O)N1CCOC(CO)C1. The van der Waals surface area contributed by atoms with Crippen LogP contribution in [0.3, 0.4) is 0 Å². The van der Waals surface area contributed by atoms with Crippen LogP contribution in [0.4, 0.5) is 0 Å². The quantitative estimate of drug-likeness (QED) is 0.387. The minimum atomic E-state index is -0.753. The average molecular weight is 261 g/mol. The molecule has 0 radical (unpaired) electrons. The summed E-state index contributed by atoms with van der Waals surface area (Å²) in [6.07, 6.45) is -0.434. The number of carbonyl (C=O) groups excluding carboxylic acids is 2. The number of thiocarbonyl (C=S) groups is 1. The zero-order chi connectivity index (χ0) is 12.8. The summed E-state index contributed by atoms with van der Waals surface area (Å²) in [5.74, 6) is -1.42. The Hall–Kier alpha value is -1.25. The van der Waals surface area contributed by atoms with Crippen LogP contribution in [-0.4, -0.2) is 65.8 Å². The second-order valence-corrected chi connectivity index (χ2v) is 4.10. The van der Waals surface area contributed by atoms with Crippen LogP contribution in [0.25, 0.3) is 0 Å². The maximum atomic E-state index is 11.7. The van der Waals surface area contributed by atoms with Crippen molar-refractivity contribution in [2.24, 2.45) is 5.73 Å². The highest BCUT2D eigenvalue weighted by molar-refractivity contribution is 7.80. The Labute approximate surface area is 104 Å². The third kappa shape index (κ3) is 4.25. The maximum Gasteiger partial charge on any atom is 0.312 e. The van der Waals surface area contributed by atoms with Gasteiger partial charge in [0.1, 0.15) is 0 Å². The Morgan fingerprint density at radius 3 is 2.88 bits per heavy atom. The van der Waals surface area contributed by atoms with Gasteiger partial charge >= 0.3 is 11.8 Å². The zero-order valence-electron chi connectivity index (χ0n) is 9.22. The summed E-state index contributed by atoms with van der Waals surface area (Å²) < 4.78 is 5.17. The van der Waals surface area contributed by atoms with Gasteiger partial charge in [0.25, 0.3) is 0 Å². The van der Waals surface area contributed by atoms with Crippen molar-refractivity contribution in [1.29, 1.82) is 0 Å². The molecule has 1 saturated heterocycles. The normalized spacial score (nSPS) is 19.8. The minimum Gasteiger partial charge on any atom is -0.394 e. The topological polar surface area (TPSA) is 105 Å². The van der Waals surface area contributed by atoms with Gasteiger partial charge in [-0.15, -0.1) is 0 Å². The molecule has 1 heterocycles. The first-order valence-electron chi connectivity index (χ1n) is 5.12. The third-order valence-corrected chi connectivity index (χ3v) is 2.39. The van der Waals surface area contributed by atoms with Crippen molar-refractivity contribution in [3.05, 3.63) is 0 Å². The van der Waals surface area contributed by atoms with Crippen molar-refractivity contribution in [3.8, 4) is 0 Å². The van der Waals surface area contributed by atoms with Crippen LogP contribution >= 0.6 is 12.2 Å². The fourth-order valence-electron chi connectivity index (χ4n) is 1.40. The zero-order valence-corrected chi connectivity index (χ0v) is 10.0. The number of nitrogens with two attached hydrogens (primary N) is 1. The lowest BCUT2D eigenvalue weighted by Crippen LogP contribution is -2.52. The molecule has 0 aromatic rings. The summed E-state index contributed by atoms with van der Waals surface area (Å²) in [6.45, 7) is 0.650. The molecule has 1 aliphatic heterocycles. The van der Waals surface area contributed by atoms with E-state index in [9.17, 15) is 9.59 Å². The van der Waals surface area contributed by atoms with Crippen LogP contribution in [0.15, 0.2) is 0 Å². The summed E-state index contributed by atoms with van der Waals surface area (Å²) in [5.41, 5.74) is 5.20. The number of aliphatic hydroxyl groups is 1. The largest absolute Gasteiger partial charge is 0.394 e. The fraction of sp³-hybridized carbons (Fsp3) is 0.667. The van der Waals surface area contributed by atoms with Crippen LogP contribution in [0.2, 0.25) is 0 Å². The molecular formula is C9H15N3O4S. The van der Waals surface area contributed by atoms with Gasteiger partial charge in [-0.05, 0) is 0 Å². The average Bonchev–Trinajstić information content (AvgIpc) is 2.35. The molecule has 0 spiro atoms. The third-order valence-electron chi connectivity index (χ3n) is 2.25. The minimum absolute atomic E-state index is 0.00627. The van der Waals surface area contributed by atoms with Gasteiger partial charge in [-0.3, -0.25) is 9.59 Å². The standard InChI is InChI=1S/C9H15N3O4S/c10-7(17)3-11-8(14)9(15)12-1-2-16-6(4-12)5-13/h6,13H,1-5H2,(H2,10,17)(H,11,14). The van der Waals surface area contributed by atoms with E-state index in [1.54, 1.807) is 0 Å². The summed E-state index contributed by atoms with van der Waals surface area (Å²) in [6, 6.07) is 0. The van der Waals surface area contributed by atoms with Crippen molar-refractivity contribution in [2.75, 3.05) is 32.8 Å². The molecule has 0 aliphatic carbocycles. The van der Waals surface area contributed by atoms with Crippen LogP contribution in [0, 0.1) is 0 Å². The van der Waals surface area contributed by atoms with Crippen LogP contribution < -0.4 is 11.1 Å². The number of rotatable bonds is 3. The molecule has 96 valence electrons. The second kappa shape index (κ2) is 6.48. The van der Waals surface area contributed by atoms with E-state index in [4.69, 9.17) is 15.6 Å². The molecule has 2 amide bonds. The maximum absolute atomic E-state index is 11.7. The molecule has 0 aromatic heterocycles. The van der Waals surface area contributed by atoms with E-state index < -0.39 is 17.9 Å². The summed E-state index contributed by atoms with van der Waals surface area (Å²) in [4.78, 5) is 24.5. The Morgan fingerprint density at radius 2 is 2.29 bits per heavy atom. The van der Waals surface area contributed by atoms with Gasteiger partial charge in [0, 0.05) is 13.1 Å². The van der Waals surface area contributed by atoms with E-state index in [0.717, 1.165) is 0 Å². The highest BCUT2D eigenvalue weighted by Gasteiger charge is 2.27. The highest BCUT2D eigenvalue weighted by Crippen LogP contribution is 2.04. The Bertz CT molecular complexity index is 323. The van der Waals surface area contributed by atoms with E-state index in [2.05, 4.69) is 17.5 Å². The number of aliphatic hydroxyl groups excluding tert-OH is 1. The molecule has 0 aromatic carbocycles. The number of hydrogen-bond donors (Lipinski definition) is 3. The molecule has 1 aliphatic rings. The van der Waals surface area contributed by atoms with Crippen molar-refractivity contribution >= 4 is 29.0 Å². The smallest absolute Gasteiger partial charge is 0.312 e. The van der Waals surface area contributed by atoms with Crippen LogP contribution in [0.5, 0.6) is 0 Å². The molecule has 7 nitrogen and oxygen atoms in total.